The highest BCUT2D eigenvalue weighted by atomic mass is 32.2. The van der Waals surface area contributed by atoms with Crippen LogP contribution in [0.4, 0.5) is 0 Å². The van der Waals surface area contributed by atoms with Crippen LogP contribution in [0.25, 0.3) is 0 Å². The molecular weight excluding hydrogens is 246 g/mol. The number of benzene rings is 1. The van der Waals surface area contributed by atoms with Crippen LogP contribution in [0, 0.1) is 5.92 Å². The SMILES string of the molecule is CCC(CCO)CNCc1ccc(S(C)=O)cc1. The average molecular weight is 269 g/mol. The molecule has 0 radical (unpaired) electrons. The second-order valence-electron chi connectivity index (χ2n) is 4.52. The van der Waals surface area contributed by atoms with E-state index in [9.17, 15) is 4.21 Å². The van der Waals surface area contributed by atoms with Gasteiger partial charge in [-0.2, -0.15) is 0 Å². The molecule has 102 valence electrons. The summed E-state index contributed by atoms with van der Waals surface area (Å²) in [6, 6.07) is 7.85. The van der Waals surface area contributed by atoms with E-state index in [1.807, 2.05) is 24.3 Å². The van der Waals surface area contributed by atoms with Crippen molar-refractivity contribution in [3.8, 4) is 0 Å². The minimum atomic E-state index is -0.903. The predicted molar refractivity (Wildman–Crippen MR) is 76.0 cm³/mol. The maximum atomic E-state index is 11.2. The second-order valence-corrected chi connectivity index (χ2v) is 5.90. The first kappa shape index (κ1) is 15.3. The zero-order valence-electron chi connectivity index (χ0n) is 11.2. The highest BCUT2D eigenvalue weighted by Gasteiger charge is 2.04. The Hall–Kier alpha value is -0.710. The number of rotatable bonds is 8. The van der Waals surface area contributed by atoms with E-state index in [1.54, 1.807) is 6.26 Å². The number of nitrogens with one attached hydrogen (secondary N) is 1. The molecule has 3 nitrogen and oxygen atoms in total. The number of aliphatic hydroxyl groups is 1. The van der Waals surface area contributed by atoms with Crippen molar-refractivity contribution in [2.24, 2.45) is 5.92 Å². The molecule has 0 bridgehead atoms. The minimum Gasteiger partial charge on any atom is -0.396 e. The zero-order valence-corrected chi connectivity index (χ0v) is 12.0. The maximum absolute atomic E-state index is 11.2. The highest BCUT2D eigenvalue weighted by Crippen LogP contribution is 2.09. The van der Waals surface area contributed by atoms with E-state index in [1.165, 1.54) is 5.56 Å². The monoisotopic (exact) mass is 269 g/mol. The summed E-state index contributed by atoms with van der Waals surface area (Å²) in [6.45, 7) is 4.15. The topological polar surface area (TPSA) is 49.3 Å². The van der Waals surface area contributed by atoms with E-state index < -0.39 is 10.8 Å². The quantitative estimate of drug-likeness (QED) is 0.758. The van der Waals surface area contributed by atoms with Crippen LogP contribution < -0.4 is 5.32 Å². The van der Waals surface area contributed by atoms with E-state index in [4.69, 9.17) is 5.11 Å². The van der Waals surface area contributed by atoms with Gasteiger partial charge in [0.15, 0.2) is 0 Å². The standard InChI is InChI=1S/C14H23NO2S/c1-3-12(8-9-16)10-15-11-13-4-6-14(7-5-13)18(2)17/h4-7,12,15-16H,3,8-11H2,1-2H3. The summed E-state index contributed by atoms with van der Waals surface area (Å²) >= 11 is 0. The van der Waals surface area contributed by atoms with Crippen molar-refractivity contribution < 1.29 is 9.32 Å². The molecule has 18 heavy (non-hydrogen) atoms. The van der Waals surface area contributed by atoms with Gasteiger partial charge in [0.1, 0.15) is 0 Å². The van der Waals surface area contributed by atoms with Crippen LogP contribution in [0.3, 0.4) is 0 Å². The van der Waals surface area contributed by atoms with Gasteiger partial charge >= 0.3 is 0 Å². The summed E-state index contributed by atoms with van der Waals surface area (Å²) in [7, 11) is -0.903. The summed E-state index contributed by atoms with van der Waals surface area (Å²) in [4.78, 5) is 0.866. The lowest BCUT2D eigenvalue weighted by Gasteiger charge is -2.14. The van der Waals surface area contributed by atoms with Crippen LogP contribution in [0.15, 0.2) is 29.2 Å². The van der Waals surface area contributed by atoms with E-state index in [2.05, 4.69) is 12.2 Å². The Bertz CT molecular complexity index is 365. The molecule has 2 atom stereocenters. The van der Waals surface area contributed by atoms with Crippen molar-refractivity contribution in [3.63, 3.8) is 0 Å². The molecule has 4 heteroatoms. The van der Waals surface area contributed by atoms with Gasteiger partial charge in [0.25, 0.3) is 0 Å². The smallest absolute Gasteiger partial charge is 0.0498 e. The van der Waals surface area contributed by atoms with Crippen LogP contribution >= 0.6 is 0 Å². The summed E-state index contributed by atoms with van der Waals surface area (Å²) < 4.78 is 11.2. The van der Waals surface area contributed by atoms with Crippen molar-refractivity contribution in [2.75, 3.05) is 19.4 Å². The lowest BCUT2D eigenvalue weighted by Crippen LogP contribution is -2.22. The summed E-state index contributed by atoms with van der Waals surface area (Å²) in [6.07, 6.45) is 3.63. The summed E-state index contributed by atoms with van der Waals surface area (Å²) in [5, 5.41) is 12.3. The molecule has 0 saturated carbocycles. The molecule has 0 amide bonds. The molecule has 1 aromatic carbocycles. The molecule has 1 aromatic rings. The second kappa shape index (κ2) is 8.40. The summed E-state index contributed by atoms with van der Waals surface area (Å²) in [5.74, 6) is 0.539. The third kappa shape index (κ3) is 5.29. The molecule has 0 aliphatic carbocycles. The van der Waals surface area contributed by atoms with Crippen molar-refractivity contribution in [2.45, 2.75) is 31.2 Å². The van der Waals surface area contributed by atoms with Crippen LogP contribution in [0.2, 0.25) is 0 Å². The summed E-state index contributed by atoms with van der Waals surface area (Å²) in [5.41, 5.74) is 1.20. The third-order valence-corrected chi connectivity index (χ3v) is 4.07. The molecule has 0 aromatic heterocycles. The first-order valence-corrected chi connectivity index (χ1v) is 7.97. The number of aliphatic hydroxyl groups excluding tert-OH is 1. The van der Waals surface area contributed by atoms with Crippen molar-refractivity contribution in [1.82, 2.24) is 5.32 Å². The molecule has 0 aliphatic rings. The fourth-order valence-electron chi connectivity index (χ4n) is 1.85. The van der Waals surface area contributed by atoms with Crippen LogP contribution in [-0.4, -0.2) is 28.7 Å². The fourth-order valence-corrected chi connectivity index (χ4v) is 2.37. The van der Waals surface area contributed by atoms with Gasteiger partial charge in [-0.25, -0.2) is 0 Å². The van der Waals surface area contributed by atoms with Gasteiger partial charge in [-0.15, -0.1) is 0 Å². The van der Waals surface area contributed by atoms with Gasteiger partial charge < -0.3 is 10.4 Å². The Morgan fingerprint density at radius 3 is 2.50 bits per heavy atom. The molecule has 0 heterocycles. The normalized spacial score (nSPS) is 14.4. The van der Waals surface area contributed by atoms with Gasteiger partial charge in [0.2, 0.25) is 0 Å². The Morgan fingerprint density at radius 1 is 1.33 bits per heavy atom. The number of hydrogen-bond donors (Lipinski definition) is 2. The lowest BCUT2D eigenvalue weighted by molar-refractivity contribution is 0.251. The molecule has 0 fully saturated rings. The van der Waals surface area contributed by atoms with Crippen molar-refractivity contribution in [3.05, 3.63) is 29.8 Å². The molecule has 1 rings (SSSR count). The molecule has 2 unspecified atom stereocenters. The molecule has 0 spiro atoms. The zero-order chi connectivity index (χ0) is 13.4. The van der Waals surface area contributed by atoms with Gasteiger partial charge in [-0.05, 0) is 36.6 Å². The average Bonchev–Trinajstić information content (AvgIpc) is 2.38. The first-order chi connectivity index (χ1) is 8.67. The Morgan fingerprint density at radius 2 is 2.00 bits per heavy atom. The van der Waals surface area contributed by atoms with Crippen LogP contribution in [0.5, 0.6) is 0 Å². The van der Waals surface area contributed by atoms with Gasteiger partial charge in [0.05, 0.1) is 0 Å². The van der Waals surface area contributed by atoms with E-state index in [-0.39, 0.29) is 6.61 Å². The largest absolute Gasteiger partial charge is 0.396 e. The number of hydrogen-bond acceptors (Lipinski definition) is 3. The fraction of sp³-hybridized carbons (Fsp3) is 0.571. The lowest BCUT2D eigenvalue weighted by atomic mass is 10.0. The van der Waals surface area contributed by atoms with E-state index >= 15 is 0 Å². The highest BCUT2D eigenvalue weighted by molar-refractivity contribution is 7.84. The maximum Gasteiger partial charge on any atom is 0.0498 e. The van der Waals surface area contributed by atoms with E-state index in [0.29, 0.717) is 5.92 Å². The molecule has 0 saturated heterocycles. The van der Waals surface area contributed by atoms with Crippen molar-refractivity contribution >= 4 is 10.8 Å². The minimum absolute atomic E-state index is 0.261. The van der Waals surface area contributed by atoms with Gasteiger partial charge in [0, 0.05) is 35.1 Å². The van der Waals surface area contributed by atoms with E-state index in [0.717, 1.165) is 30.8 Å². The molecule has 2 N–H and O–H groups in total. The first-order valence-electron chi connectivity index (χ1n) is 6.41. The Kier molecular flexibility index (Phi) is 7.16. The molecule has 0 aliphatic heterocycles. The Labute approximate surface area is 112 Å². The van der Waals surface area contributed by atoms with Gasteiger partial charge in [-0.1, -0.05) is 25.5 Å². The third-order valence-electron chi connectivity index (χ3n) is 3.13. The van der Waals surface area contributed by atoms with Gasteiger partial charge in [-0.3, -0.25) is 4.21 Å². The predicted octanol–water partition coefficient (Wildman–Crippen LogP) is 1.92. The van der Waals surface area contributed by atoms with Crippen molar-refractivity contribution in [1.29, 1.82) is 0 Å². The van der Waals surface area contributed by atoms with Crippen LogP contribution in [-0.2, 0) is 17.3 Å². The van der Waals surface area contributed by atoms with Crippen LogP contribution in [0.1, 0.15) is 25.3 Å². The Balaban J connectivity index is 2.37. The molecular formula is C14H23NO2S.